The van der Waals surface area contributed by atoms with E-state index in [1.165, 1.54) is 4.90 Å². The van der Waals surface area contributed by atoms with Gasteiger partial charge in [-0.3, -0.25) is 4.79 Å². The van der Waals surface area contributed by atoms with Gasteiger partial charge >= 0.3 is 0 Å². The Balaban J connectivity index is 2.59. The van der Waals surface area contributed by atoms with Gasteiger partial charge in [0.1, 0.15) is 5.94 Å². The topological polar surface area (TPSA) is 37.4 Å². The number of amides is 1. The normalized spacial score (nSPS) is 17.8. The lowest BCUT2D eigenvalue weighted by molar-refractivity contribution is -0.125. The molecule has 1 rings (SSSR count). The minimum Gasteiger partial charge on any atom is -0.309 e. The van der Waals surface area contributed by atoms with Gasteiger partial charge in [-0.25, -0.2) is 4.79 Å². The van der Waals surface area contributed by atoms with Crippen molar-refractivity contribution in [3.8, 4) is 0 Å². The van der Waals surface area contributed by atoms with Crippen LogP contribution in [0, 0.1) is 0 Å². The van der Waals surface area contributed by atoms with Crippen LogP contribution in [0.2, 0.25) is 0 Å². The van der Waals surface area contributed by atoms with E-state index in [0.717, 1.165) is 12.6 Å². The first-order chi connectivity index (χ1) is 4.34. The van der Waals surface area contributed by atoms with E-state index in [9.17, 15) is 9.59 Å². The fourth-order valence-corrected chi connectivity index (χ4v) is 0.869. The molecular formula is C6H7NO2. The fourth-order valence-electron chi connectivity index (χ4n) is 0.869. The molecule has 0 aromatic heterocycles. The van der Waals surface area contributed by atoms with E-state index in [1.54, 1.807) is 5.94 Å². The molecule has 0 bridgehead atoms. The van der Waals surface area contributed by atoms with Gasteiger partial charge in [0.15, 0.2) is 0 Å². The summed E-state index contributed by atoms with van der Waals surface area (Å²) in [6.45, 7) is 0.675. The van der Waals surface area contributed by atoms with Crippen molar-refractivity contribution in [3.63, 3.8) is 0 Å². The monoisotopic (exact) mass is 125 g/mol. The van der Waals surface area contributed by atoms with Crippen LogP contribution in [0.3, 0.4) is 0 Å². The second kappa shape index (κ2) is 2.46. The van der Waals surface area contributed by atoms with Crippen molar-refractivity contribution >= 4 is 11.8 Å². The van der Waals surface area contributed by atoms with Gasteiger partial charge in [0.2, 0.25) is 5.91 Å². The average Bonchev–Trinajstić information content (AvgIpc) is 2.18. The van der Waals surface area contributed by atoms with Gasteiger partial charge < -0.3 is 4.90 Å². The maximum Gasteiger partial charge on any atom is 0.227 e. The van der Waals surface area contributed by atoms with Gasteiger partial charge in [-0.15, -0.1) is 0 Å². The van der Waals surface area contributed by atoms with Crippen LogP contribution in [0.1, 0.15) is 12.8 Å². The van der Waals surface area contributed by atoms with Crippen molar-refractivity contribution in [2.24, 2.45) is 0 Å². The Kier molecular flexibility index (Phi) is 1.66. The van der Waals surface area contributed by atoms with Crippen LogP contribution < -0.4 is 0 Å². The zero-order chi connectivity index (χ0) is 6.69. The third kappa shape index (κ3) is 1.18. The SMILES string of the molecule is O=C=CN1CCCC1=O. The van der Waals surface area contributed by atoms with Gasteiger partial charge in [0.25, 0.3) is 0 Å². The molecule has 0 atom stereocenters. The summed E-state index contributed by atoms with van der Waals surface area (Å²) in [5.41, 5.74) is 0. The summed E-state index contributed by atoms with van der Waals surface area (Å²) in [4.78, 5) is 21.8. The van der Waals surface area contributed by atoms with Crippen molar-refractivity contribution in [2.45, 2.75) is 12.8 Å². The molecule has 0 radical (unpaired) electrons. The molecule has 9 heavy (non-hydrogen) atoms. The molecule has 1 fully saturated rings. The molecule has 48 valence electrons. The van der Waals surface area contributed by atoms with Crippen molar-refractivity contribution in [2.75, 3.05) is 6.54 Å². The first-order valence-corrected chi connectivity index (χ1v) is 2.85. The van der Waals surface area contributed by atoms with Crippen molar-refractivity contribution in [1.82, 2.24) is 4.90 Å². The molecule has 1 heterocycles. The maximum atomic E-state index is 10.7. The predicted octanol–water partition coefficient (Wildman–Crippen LogP) is -0.0459. The Morgan fingerprint density at radius 3 is 2.89 bits per heavy atom. The molecule has 3 heteroatoms. The Morgan fingerprint density at radius 1 is 1.67 bits per heavy atom. The average molecular weight is 125 g/mol. The van der Waals surface area contributed by atoms with Crippen molar-refractivity contribution in [3.05, 3.63) is 6.20 Å². The minimum atomic E-state index is 0.0263. The zero-order valence-corrected chi connectivity index (χ0v) is 4.96. The number of rotatable bonds is 1. The van der Waals surface area contributed by atoms with Crippen LogP contribution in [-0.2, 0) is 9.59 Å². The van der Waals surface area contributed by atoms with Crippen LogP contribution in [-0.4, -0.2) is 23.3 Å². The van der Waals surface area contributed by atoms with Gasteiger partial charge in [-0.2, -0.15) is 0 Å². The molecule has 1 aliphatic rings. The number of hydrogen-bond donors (Lipinski definition) is 0. The summed E-state index contributed by atoms with van der Waals surface area (Å²) in [7, 11) is 0. The molecule has 0 unspecified atom stereocenters. The number of carbonyl (C=O) groups is 1. The Morgan fingerprint density at radius 2 is 2.44 bits per heavy atom. The van der Waals surface area contributed by atoms with E-state index >= 15 is 0 Å². The molecule has 1 saturated heterocycles. The molecule has 0 aliphatic carbocycles. The van der Waals surface area contributed by atoms with Crippen LogP contribution in [0.4, 0.5) is 0 Å². The molecule has 0 N–H and O–H groups in total. The molecule has 0 spiro atoms. The van der Waals surface area contributed by atoms with Gasteiger partial charge in [-0.1, -0.05) is 0 Å². The molecule has 0 aromatic rings. The third-order valence-electron chi connectivity index (χ3n) is 1.32. The number of likely N-dealkylation sites (tertiary alicyclic amines) is 1. The number of hydrogen-bond acceptors (Lipinski definition) is 2. The highest BCUT2D eigenvalue weighted by molar-refractivity contribution is 5.80. The summed E-state index contributed by atoms with van der Waals surface area (Å²) in [5.74, 6) is 1.60. The highest BCUT2D eigenvalue weighted by atomic mass is 16.2. The molecule has 1 amide bonds. The standard InChI is InChI=1S/C6H7NO2/c8-5-4-7-3-1-2-6(7)9/h4H,1-3H2. The van der Waals surface area contributed by atoms with Crippen molar-refractivity contribution < 1.29 is 9.59 Å². The Bertz CT molecular complexity index is 170. The number of carbonyl (C=O) groups excluding carboxylic acids is 2. The molecular weight excluding hydrogens is 118 g/mol. The first-order valence-electron chi connectivity index (χ1n) is 2.85. The van der Waals surface area contributed by atoms with E-state index in [0.29, 0.717) is 13.0 Å². The Labute approximate surface area is 53.0 Å². The third-order valence-corrected chi connectivity index (χ3v) is 1.32. The van der Waals surface area contributed by atoms with E-state index in [4.69, 9.17) is 0 Å². The van der Waals surface area contributed by atoms with E-state index < -0.39 is 0 Å². The fraction of sp³-hybridized carbons (Fsp3) is 0.500. The molecule has 0 saturated carbocycles. The van der Waals surface area contributed by atoms with E-state index in [1.807, 2.05) is 0 Å². The Hall–Kier alpha value is -1.08. The highest BCUT2D eigenvalue weighted by Gasteiger charge is 2.17. The molecule has 1 aliphatic heterocycles. The lowest BCUT2D eigenvalue weighted by atomic mass is 10.4. The van der Waals surface area contributed by atoms with Gasteiger partial charge in [0.05, 0.1) is 6.20 Å². The van der Waals surface area contributed by atoms with Crippen LogP contribution >= 0.6 is 0 Å². The molecule has 0 aromatic carbocycles. The quantitative estimate of drug-likeness (QED) is 0.461. The van der Waals surface area contributed by atoms with Crippen LogP contribution in [0.15, 0.2) is 6.20 Å². The summed E-state index contributed by atoms with van der Waals surface area (Å²) >= 11 is 0. The molecule has 3 nitrogen and oxygen atoms in total. The smallest absolute Gasteiger partial charge is 0.227 e. The second-order valence-electron chi connectivity index (χ2n) is 1.94. The maximum absolute atomic E-state index is 10.7. The lowest BCUT2D eigenvalue weighted by Crippen LogP contribution is -2.17. The minimum absolute atomic E-state index is 0.0263. The van der Waals surface area contributed by atoms with Gasteiger partial charge in [-0.05, 0) is 6.42 Å². The van der Waals surface area contributed by atoms with Crippen molar-refractivity contribution in [1.29, 1.82) is 0 Å². The van der Waals surface area contributed by atoms with Gasteiger partial charge in [0, 0.05) is 13.0 Å². The second-order valence-corrected chi connectivity index (χ2v) is 1.94. The lowest BCUT2D eigenvalue weighted by Gasteiger charge is -2.03. The number of nitrogens with zero attached hydrogens (tertiary/aromatic N) is 1. The van der Waals surface area contributed by atoms with E-state index in [-0.39, 0.29) is 5.91 Å². The highest BCUT2D eigenvalue weighted by Crippen LogP contribution is 2.07. The summed E-state index contributed by atoms with van der Waals surface area (Å²) in [5, 5.41) is 0. The summed E-state index contributed by atoms with van der Waals surface area (Å²) < 4.78 is 0. The predicted molar refractivity (Wildman–Crippen MR) is 31.2 cm³/mol. The summed E-state index contributed by atoms with van der Waals surface area (Å²) in [6, 6.07) is 0. The first kappa shape index (κ1) is 6.05. The van der Waals surface area contributed by atoms with Crippen LogP contribution in [0.5, 0.6) is 0 Å². The largest absolute Gasteiger partial charge is 0.309 e. The zero-order valence-electron chi connectivity index (χ0n) is 4.96. The van der Waals surface area contributed by atoms with Crippen LogP contribution in [0.25, 0.3) is 0 Å². The summed E-state index contributed by atoms with van der Waals surface area (Å²) in [6.07, 6.45) is 2.59. The van der Waals surface area contributed by atoms with E-state index in [2.05, 4.69) is 0 Å².